The Labute approximate surface area is 159 Å². The molecule has 10 heteroatoms. The molecule has 0 saturated heterocycles. The van der Waals surface area contributed by atoms with Crippen molar-refractivity contribution in [3.05, 3.63) is 65.3 Å². The monoisotopic (exact) mass is 399 g/mol. The van der Waals surface area contributed by atoms with Crippen LogP contribution in [0.1, 0.15) is 21.6 Å². The van der Waals surface area contributed by atoms with Gasteiger partial charge in [-0.3, -0.25) is 9.00 Å². The Morgan fingerprint density at radius 1 is 1.15 bits per heavy atom. The van der Waals surface area contributed by atoms with Gasteiger partial charge in [0.2, 0.25) is 5.89 Å². The van der Waals surface area contributed by atoms with Gasteiger partial charge in [-0.2, -0.15) is 0 Å². The van der Waals surface area contributed by atoms with E-state index in [0.717, 1.165) is 15.8 Å². The van der Waals surface area contributed by atoms with Crippen LogP contribution in [0.3, 0.4) is 0 Å². The lowest BCUT2D eigenvalue weighted by atomic mass is 10.1. The molecule has 4 rings (SSSR count). The van der Waals surface area contributed by atoms with E-state index < -0.39 is 17.0 Å². The maximum absolute atomic E-state index is 12.5. The number of aromatic nitrogens is 3. The fraction of sp³-hybridized carbons (Fsp3) is 0.0588. The highest BCUT2D eigenvalue weighted by Crippen LogP contribution is 2.29. The highest BCUT2D eigenvalue weighted by atomic mass is 32.2. The minimum atomic E-state index is -2.46. The summed E-state index contributed by atoms with van der Waals surface area (Å²) in [5.41, 5.74) is 2.80. The van der Waals surface area contributed by atoms with Crippen molar-refractivity contribution in [2.24, 2.45) is 0 Å². The highest BCUT2D eigenvalue weighted by Gasteiger charge is 2.21. The molecule has 8 nitrogen and oxygen atoms in total. The number of thiazole rings is 1. The van der Waals surface area contributed by atoms with Gasteiger partial charge in [0.15, 0.2) is 5.01 Å². The van der Waals surface area contributed by atoms with Crippen molar-refractivity contribution in [2.45, 2.75) is 6.54 Å². The van der Waals surface area contributed by atoms with Gasteiger partial charge in [-0.15, -0.1) is 21.5 Å². The lowest BCUT2D eigenvalue weighted by Gasteiger charge is -2.02. The Bertz CT molecular complexity index is 1140. The van der Waals surface area contributed by atoms with Crippen LogP contribution in [0.2, 0.25) is 0 Å². The first-order chi connectivity index (χ1) is 13.1. The maximum atomic E-state index is 12.5. The molecule has 4 aromatic rings. The van der Waals surface area contributed by atoms with E-state index in [9.17, 15) is 13.6 Å². The van der Waals surface area contributed by atoms with E-state index in [1.54, 1.807) is 0 Å². The molecule has 0 aliphatic rings. The topological polar surface area (TPSA) is 121 Å². The van der Waals surface area contributed by atoms with E-state index in [2.05, 4.69) is 19.9 Å². The Hall–Kier alpha value is -2.79. The van der Waals surface area contributed by atoms with Crippen molar-refractivity contribution in [3.63, 3.8) is 0 Å². The zero-order valence-electron chi connectivity index (χ0n) is 13.6. The molecule has 27 heavy (non-hydrogen) atoms. The number of hydrogen-bond donors (Lipinski definition) is 1. The molecular weight excluding hydrogens is 388 g/mol. The van der Waals surface area contributed by atoms with Crippen LogP contribution in [-0.4, -0.2) is 29.7 Å². The van der Waals surface area contributed by atoms with E-state index in [1.165, 1.54) is 11.3 Å². The second-order valence-corrected chi connectivity index (χ2v) is 7.24. The molecular formula is C17H11N4O4S2-. The van der Waals surface area contributed by atoms with Crippen LogP contribution in [0.15, 0.2) is 52.9 Å². The largest absolute Gasteiger partial charge is 0.760 e. The first kappa shape index (κ1) is 17.6. The summed E-state index contributed by atoms with van der Waals surface area (Å²) in [6, 6.07) is 15.7. The Morgan fingerprint density at radius 3 is 2.74 bits per heavy atom. The number of benzene rings is 2. The standard InChI is InChI=1S/C17H12N4O4S2/c22-15(16-21-20-14(25-16)9-18-27(23)24)17-19-12-7-6-11(8-13(12)26-17)10-4-2-1-3-5-10/h1-8,18H,9H2,(H,23,24)/p-1. The minimum Gasteiger partial charge on any atom is -0.760 e. The molecule has 0 radical (unpaired) electrons. The molecule has 0 bridgehead atoms. The molecule has 1 N–H and O–H groups in total. The summed E-state index contributed by atoms with van der Waals surface area (Å²) in [7, 11) is 0. The van der Waals surface area contributed by atoms with E-state index in [-0.39, 0.29) is 23.3 Å². The number of hydrogen-bond acceptors (Lipinski definition) is 8. The summed E-state index contributed by atoms with van der Waals surface area (Å²) in [6.45, 7) is -0.184. The molecule has 0 spiro atoms. The average molecular weight is 399 g/mol. The number of nitrogens with zero attached hydrogens (tertiary/aromatic N) is 3. The zero-order valence-corrected chi connectivity index (χ0v) is 15.3. The number of carbonyl (C=O) groups is 1. The summed E-state index contributed by atoms with van der Waals surface area (Å²) in [4.78, 5) is 16.9. The average Bonchev–Trinajstić information content (AvgIpc) is 3.33. The summed E-state index contributed by atoms with van der Waals surface area (Å²) in [6.07, 6.45) is 0. The third-order valence-electron chi connectivity index (χ3n) is 3.69. The second kappa shape index (κ2) is 7.45. The number of ketones is 1. The van der Waals surface area contributed by atoms with Gasteiger partial charge in [-0.05, 0) is 23.3 Å². The fourth-order valence-electron chi connectivity index (χ4n) is 2.46. The molecule has 1 unspecified atom stereocenters. The van der Waals surface area contributed by atoms with Gasteiger partial charge >= 0.3 is 0 Å². The van der Waals surface area contributed by atoms with Crippen molar-refractivity contribution in [1.82, 2.24) is 19.9 Å². The zero-order chi connectivity index (χ0) is 18.8. The minimum absolute atomic E-state index is 0.00461. The molecule has 0 amide bonds. The van der Waals surface area contributed by atoms with Gasteiger partial charge in [-0.25, -0.2) is 9.71 Å². The molecule has 0 aliphatic carbocycles. The fourth-order valence-corrected chi connectivity index (χ4v) is 3.64. The van der Waals surface area contributed by atoms with Crippen LogP contribution < -0.4 is 4.72 Å². The Kier molecular flexibility index (Phi) is 4.86. The van der Waals surface area contributed by atoms with Crippen molar-refractivity contribution in [3.8, 4) is 11.1 Å². The Morgan fingerprint density at radius 2 is 1.96 bits per heavy atom. The van der Waals surface area contributed by atoms with E-state index in [4.69, 9.17) is 4.42 Å². The van der Waals surface area contributed by atoms with Gasteiger partial charge in [0.1, 0.15) is 0 Å². The van der Waals surface area contributed by atoms with Gasteiger partial charge in [0.25, 0.3) is 11.7 Å². The maximum Gasteiger partial charge on any atom is 0.291 e. The van der Waals surface area contributed by atoms with Crippen molar-refractivity contribution in [2.75, 3.05) is 0 Å². The van der Waals surface area contributed by atoms with Crippen LogP contribution in [0.25, 0.3) is 21.3 Å². The predicted octanol–water partition coefficient (Wildman–Crippen LogP) is 2.46. The van der Waals surface area contributed by atoms with Gasteiger partial charge < -0.3 is 8.97 Å². The molecule has 136 valence electrons. The van der Waals surface area contributed by atoms with Crippen LogP contribution in [0, 0.1) is 0 Å². The third-order valence-corrected chi connectivity index (χ3v) is 5.09. The molecule has 0 saturated carbocycles. The molecule has 0 aliphatic heterocycles. The van der Waals surface area contributed by atoms with E-state index in [0.29, 0.717) is 5.52 Å². The SMILES string of the molecule is O=C(c1nnc(CNS(=O)[O-])o1)c1nc2ccc(-c3ccccc3)cc2s1. The third kappa shape index (κ3) is 3.83. The number of rotatable bonds is 6. The smallest absolute Gasteiger partial charge is 0.291 e. The van der Waals surface area contributed by atoms with Gasteiger partial charge in [0.05, 0.1) is 16.8 Å². The van der Waals surface area contributed by atoms with Gasteiger partial charge in [-0.1, -0.05) is 36.4 Å². The van der Waals surface area contributed by atoms with Crippen molar-refractivity contribution in [1.29, 1.82) is 0 Å². The first-order valence-corrected chi connectivity index (χ1v) is 9.65. The van der Waals surface area contributed by atoms with Crippen LogP contribution in [0.5, 0.6) is 0 Å². The highest BCUT2D eigenvalue weighted by molar-refractivity contribution is 7.77. The number of carbonyl (C=O) groups excluding carboxylic acids is 1. The predicted molar refractivity (Wildman–Crippen MR) is 98.5 cm³/mol. The lowest BCUT2D eigenvalue weighted by Crippen LogP contribution is -2.15. The summed E-state index contributed by atoms with van der Waals surface area (Å²) in [5.74, 6) is -0.736. The van der Waals surface area contributed by atoms with Crippen LogP contribution >= 0.6 is 11.3 Å². The van der Waals surface area contributed by atoms with E-state index in [1.807, 2.05) is 48.5 Å². The van der Waals surface area contributed by atoms with Crippen molar-refractivity contribution >= 4 is 38.6 Å². The van der Waals surface area contributed by atoms with Crippen LogP contribution in [0.4, 0.5) is 0 Å². The number of fused-ring (bicyclic) bond motifs is 1. The normalized spacial score (nSPS) is 12.3. The summed E-state index contributed by atoms with van der Waals surface area (Å²) < 4.78 is 29.1. The number of nitrogens with one attached hydrogen (secondary N) is 1. The second-order valence-electron chi connectivity index (χ2n) is 5.45. The quantitative estimate of drug-likeness (QED) is 0.390. The molecule has 2 aromatic heterocycles. The van der Waals surface area contributed by atoms with E-state index >= 15 is 0 Å². The Balaban J connectivity index is 1.60. The van der Waals surface area contributed by atoms with Gasteiger partial charge in [0, 0.05) is 11.3 Å². The molecule has 0 fully saturated rings. The lowest BCUT2D eigenvalue weighted by molar-refractivity contribution is 0.100. The molecule has 2 heterocycles. The van der Waals surface area contributed by atoms with Crippen LogP contribution in [-0.2, 0) is 17.8 Å². The molecule has 2 aromatic carbocycles. The summed E-state index contributed by atoms with van der Waals surface area (Å²) >= 11 is -1.22. The molecule has 1 atom stereocenters. The van der Waals surface area contributed by atoms with Crippen molar-refractivity contribution < 1.29 is 18.0 Å². The summed E-state index contributed by atoms with van der Waals surface area (Å²) in [5, 5.41) is 7.54. The first-order valence-electron chi connectivity index (χ1n) is 7.76.